The Kier molecular flexibility index (Phi) is 3.83. The van der Waals surface area contributed by atoms with Gasteiger partial charge in [-0.15, -0.1) is 0 Å². The largest absolute Gasteiger partial charge is 0.480 e. The number of aliphatic carboxylic acids is 1. The van der Waals surface area contributed by atoms with Gasteiger partial charge in [-0.2, -0.15) is 0 Å². The molecule has 0 spiro atoms. The number of amides is 2. The second-order valence-electron chi connectivity index (χ2n) is 4.37. The molecule has 2 rings (SSSR count). The molecule has 0 unspecified atom stereocenters. The first-order valence-electron chi connectivity index (χ1n) is 5.90. The molecule has 3 N–H and O–H groups in total. The minimum Gasteiger partial charge on any atom is -0.480 e. The second-order valence-corrected chi connectivity index (χ2v) is 4.37. The summed E-state index contributed by atoms with van der Waals surface area (Å²) in [6.07, 6.45) is 1.23. The number of carbonyl (C=O) groups is 3. The Morgan fingerprint density at radius 3 is 2.71 bits per heavy atom. The molecule has 2 heterocycles. The molecule has 0 saturated carbocycles. The summed E-state index contributed by atoms with van der Waals surface area (Å²) < 4.78 is 4.92. The molecule has 0 aromatic carbocycles. The van der Waals surface area contributed by atoms with Gasteiger partial charge in [0, 0.05) is 6.20 Å². The monoisotopic (exact) mass is 292 g/mol. The van der Waals surface area contributed by atoms with E-state index < -0.39 is 30.9 Å². The Balaban J connectivity index is 2.34. The van der Waals surface area contributed by atoms with Gasteiger partial charge < -0.3 is 20.3 Å². The molecule has 0 aliphatic heterocycles. The van der Waals surface area contributed by atoms with E-state index in [-0.39, 0.29) is 11.3 Å². The minimum absolute atomic E-state index is 0.122. The third kappa shape index (κ3) is 3.14. The number of aromatic nitrogens is 2. The summed E-state index contributed by atoms with van der Waals surface area (Å²) in [7, 11) is 0. The number of rotatable bonds is 5. The zero-order valence-corrected chi connectivity index (χ0v) is 11.1. The zero-order valence-electron chi connectivity index (χ0n) is 11.1. The number of hydrogen-bond acceptors (Lipinski definition) is 6. The molecule has 2 amide bonds. The van der Waals surface area contributed by atoms with Crippen LogP contribution in [0, 0.1) is 6.92 Å². The predicted octanol–water partition coefficient (Wildman–Crippen LogP) is -0.457. The highest BCUT2D eigenvalue weighted by Gasteiger charge is 2.21. The van der Waals surface area contributed by atoms with E-state index in [1.165, 1.54) is 12.3 Å². The molecule has 9 heteroatoms. The maximum absolute atomic E-state index is 12.3. The maximum atomic E-state index is 12.3. The third-order valence-corrected chi connectivity index (χ3v) is 2.72. The van der Waals surface area contributed by atoms with E-state index in [0.29, 0.717) is 11.1 Å². The highest BCUT2D eigenvalue weighted by atomic mass is 16.5. The van der Waals surface area contributed by atoms with Gasteiger partial charge in [0.1, 0.15) is 13.1 Å². The van der Waals surface area contributed by atoms with Crippen molar-refractivity contribution in [1.29, 1.82) is 0 Å². The van der Waals surface area contributed by atoms with Gasteiger partial charge in [0.05, 0.1) is 16.6 Å². The van der Waals surface area contributed by atoms with Crippen molar-refractivity contribution in [3.8, 4) is 0 Å². The molecule has 0 aliphatic carbocycles. The van der Waals surface area contributed by atoms with Crippen LogP contribution in [-0.4, -0.2) is 51.0 Å². The number of aryl methyl sites for hydroxylation is 1. The van der Waals surface area contributed by atoms with Crippen molar-refractivity contribution in [3.05, 3.63) is 23.5 Å². The van der Waals surface area contributed by atoms with E-state index in [2.05, 4.69) is 10.1 Å². The van der Waals surface area contributed by atoms with Crippen molar-refractivity contribution in [2.75, 3.05) is 13.1 Å². The molecule has 0 radical (unpaired) electrons. The Bertz CT molecular complexity index is 708. The van der Waals surface area contributed by atoms with Crippen molar-refractivity contribution in [2.24, 2.45) is 5.73 Å². The highest BCUT2D eigenvalue weighted by molar-refractivity contribution is 5.99. The lowest BCUT2D eigenvalue weighted by Gasteiger charge is -2.18. The number of nitrogens with two attached hydrogens (primary N) is 1. The number of carboxylic acids is 1. The molecule has 9 nitrogen and oxygen atoms in total. The van der Waals surface area contributed by atoms with Crippen LogP contribution in [-0.2, 0) is 9.59 Å². The molecule has 0 bridgehead atoms. The fraction of sp³-hybridized carbons (Fsp3) is 0.250. The molecule has 0 saturated heterocycles. The summed E-state index contributed by atoms with van der Waals surface area (Å²) in [5.41, 5.74) is 5.95. The summed E-state index contributed by atoms with van der Waals surface area (Å²) in [6.45, 7) is 0.550. The molecule has 2 aromatic heterocycles. The normalized spacial score (nSPS) is 10.5. The van der Waals surface area contributed by atoms with Gasteiger partial charge in [0.2, 0.25) is 5.91 Å². The number of hydrogen-bond donors (Lipinski definition) is 2. The molecule has 0 atom stereocenters. The van der Waals surface area contributed by atoms with Crippen LogP contribution < -0.4 is 5.73 Å². The summed E-state index contributed by atoms with van der Waals surface area (Å²) in [4.78, 5) is 38.7. The van der Waals surface area contributed by atoms with Gasteiger partial charge in [-0.1, -0.05) is 5.16 Å². The Hall–Kier alpha value is -2.97. The lowest BCUT2D eigenvalue weighted by Crippen LogP contribution is -2.41. The topological polar surface area (TPSA) is 140 Å². The summed E-state index contributed by atoms with van der Waals surface area (Å²) in [5.74, 6) is -2.72. The number of carbonyl (C=O) groups excluding carboxylic acids is 2. The van der Waals surface area contributed by atoms with Crippen LogP contribution in [0.25, 0.3) is 11.1 Å². The van der Waals surface area contributed by atoms with Crippen LogP contribution in [0.4, 0.5) is 0 Å². The van der Waals surface area contributed by atoms with Gasteiger partial charge in [-0.3, -0.25) is 14.4 Å². The molecular formula is C12H12N4O5. The lowest BCUT2D eigenvalue weighted by molar-refractivity contribution is -0.138. The van der Waals surface area contributed by atoms with Gasteiger partial charge in [0.15, 0.2) is 0 Å². The van der Waals surface area contributed by atoms with E-state index in [1.807, 2.05) is 0 Å². The highest BCUT2D eigenvalue weighted by Crippen LogP contribution is 2.17. The van der Waals surface area contributed by atoms with Crippen LogP contribution in [0.15, 0.2) is 16.8 Å². The lowest BCUT2D eigenvalue weighted by atomic mass is 10.2. The quantitative estimate of drug-likeness (QED) is 0.760. The van der Waals surface area contributed by atoms with Gasteiger partial charge in [0.25, 0.3) is 11.6 Å². The fourth-order valence-electron chi connectivity index (χ4n) is 1.80. The minimum atomic E-state index is -1.25. The van der Waals surface area contributed by atoms with E-state index in [9.17, 15) is 14.4 Å². The Morgan fingerprint density at radius 2 is 2.10 bits per heavy atom. The number of nitrogens with zero attached hydrogens (tertiary/aromatic N) is 3. The molecular weight excluding hydrogens is 280 g/mol. The number of carboxylic acid groups (broad SMARTS) is 1. The first-order chi connectivity index (χ1) is 9.88. The summed E-state index contributed by atoms with van der Waals surface area (Å²) >= 11 is 0. The summed E-state index contributed by atoms with van der Waals surface area (Å²) in [5, 5.41) is 13.0. The standard InChI is InChI=1S/C12H12N4O5/c1-6-8-2-7(3-14-11(8)21-15-6)12(20)16(4-9(13)17)5-10(18)19/h2-3H,4-5H2,1H3,(H2,13,17)(H,18,19). The molecule has 0 fully saturated rings. The van der Waals surface area contributed by atoms with Crippen LogP contribution in [0.1, 0.15) is 16.1 Å². The average molecular weight is 292 g/mol. The smallest absolute Gasteiger partial charge is 0.323 e. The van der Waals surface area contributed by atoms with Crippen LogP contribution in [0.2, 0.25) is 0 Å². The number of pyridine rings is 1. The van der Waals surface area contributed by atoms with Crippen molar-refractivity contribution >= 4 is 28.9 Å². The molecule has 0 aliphatic rings. The third-order valence-electron chi connectivity index (χ3n) is 2.72. The van der Waals surface area contributed by atoms with Crippen molar-refractivity contribution in [2.45, 2.75) is 6.92 Å². The van der Waals surface area contributed by atoms with E-state index in [1.54, 1.807) is 6.92 Å². The molecule has 110 valence electrons. The van der Waals surface area contributed by atoms with E-state index in [4.69, 9.17) is 15.4 Å². The molecule has 2 aromatic rings. The number of fused-ring (bicyclic) bond motifs is 1. The second kappa shape index (κ2) is 5.57. The van der Waals surface area contributed by atoms with E-state index in [0.717, 1.165) is 4.90 Å². The van der Waals surface area contributed by atoms with Gasteiger partial charge in [-0.05, 0) is 13.0 Å². The van der Waals surface area contributed by atoms with Gasteiger partial charge >= 0.3 is 5.97 Å². The van der Waals surface area contributed by atoms with Crippen molar-refractivity contribution < 1.29 is 24.0 Å². The van der Waals surface area contributed by atoms with E-state index >= 15 is 0 Å². The van der Waals surface area contributed by atoms with Crippen LogP contribution in [0.3, 0.4) is 0 Å². The Morgan fingerprint density at radius 1 is 1.38 bits per heavy atom. The fourth-order valence-corrected chi connectivity index (χ4v) is 1.80. The SMILES string of the molecule is Cc1noc2ncc(C(=O)N(CC(N)=O)CC(=O)O)cc12. The molecule has 21 heavy (non-hydrogen) atoms. The van der Waals surface area contributed by atoms with Crippen molar-refractivity contribution in [1.82, 2.24) is 15.0 Å². The summed E-state index contributed by atoms with van der Waals surface area (Å²) in [6, 6.07) is 1.48. The van der Waals surface area contributed by atoms with Crippen molar-refractivity contribution in [3.63, 3.8) is 0 Å². The Labute approximate surface area is 118 Å². The average Bonchev–Trinajstić information content (AvgIpc) is 2.77. The maximum Gasteiger partial charge on any atom is 0.323 e. The van der Waals surface area contributed by atoms with Crippen LogP contribution in [0.5, 0.6) is 0 Å². The number of primary amides is 1. The van der Waals surface area contributed by atoms with Gasteiger partial charge in [-0.25, -0.2) is 4.98 Å². The first kappa shape index (κ1) is 14.4. The first-order valence-corrected chi connectivity index (χ1v) is 5.90. The predicted molar refractivity (Wildman–Crippen MR) is 69.3 cm³/mol. The van der Waals surface area contributed by atoms with Crippen LogP contribution >= 0.6 is 0 Å². The zero-order chi connectivity index (χ0) is 15.6.